The number of ether oxygens (including phenoxy) is 1. The molecule has 3 aliphatic rings. The molecule has 2 heterocycles. The van der Waals surface area contributed by atoms with Gasteiger partial charge in [0.1, 0.15) is 0 Å². The molecule has 0 aromatic heterocycles. The van der Waals surface area contributed by atoms with Gasteiger partial charge in [-0.05, 0) is 57.5 Å². The summed E-state index contributed by atoms with van der Waals surface area (Å²) in [5.74, 6) is 0.595. The minimum atomic E-state index is 0.321. The van der Waals surface area contributed by atoms with Crippen molar-refractivity contribution in [1.29, 1.82) is 0 Å². The number of likely N-dealkylation sites (tertiary alicyclic amines) is 1. The van der Waals surface area contributed by atoms with Crippen molar-refractivity contribution in [3.05, 3.63) is 0 Å². The monoisotopic (exact) mass is 252 g/mol. The molecule has 0 bridgehead atoms. The fraction of sp³-hybridized carbons (Fsp3) is 1.00. The highest BCUT2D eigenvalue weighted by Crippen LogP contribution is 2.42. The second-order valence-corrected chi connectivity index (χ2v) is 6.51. The van der Waals surface area contributed by atoms with Gasteiger partial charge in [-0.15, -0.1) is 0 Å². The van der Waals surface area contributed by atoms with Crippen molar-refractivity contribution in [2.45, 2.75) is 62.9 Å². The first-order valence-corrected chi connectivity index (χ1v) is 7.91. The van der Waals surface area contributed by atoms with Gasteiger partial charge in [-0.25, -0.2) is 0 Å². The van der Waals surface area contributed by atoms with Crippen molar-refractivity contribution >= 4 is 0 Å². The van der Waals surface area contributed by atoms with Crippen LogP contribution >= 0.6 is 0 Å². The van der Waals surface area contributed by atoms with Crippen LogP contribution in [0.4, 0.5) is 0 Å². The van der Waals surface area contributed by atoms with E-state index in [4.69, 9.17) is 10.5 Å². The van der Waals surface area contributed by atoms with Gasteiger partial charge in [-0.2, -0.15) is 0 Å². The molecule has 3 nitrogen and oxygen atoms in total. The van der Waals surface area contributed by atoms with E-state index in [0.29, 0.717) is 17.5 Å². The third kappa shape index (κ3) is 2.21. The zero-order chi connectivity index (χ0) is 12.4. The van der Waals surface area contributed by atoms with E-state index < -0.39 is 0 Å². The van der Waals surface area contributed by atoms with E-state index in [1.165, 1.54) is 64.5 Å². The van der Waals surface area contributed by atoms with Crippen LogP contribution in [0.3, 0.4) is 0 Å². The first kappa shape index (κ1) is 12.9. The van der Waals surface area contributed by atoms with Crippen LogP contribution in [-0.4, -0.2) is 42.8 Å². The van der Waals surface area contributed by atoms with Gasteiger partial charge in [-0.3, -0.25) is 4.90 Å². The minimum Gasteiger partial charge on any atom is -0.381 e. The average molecular weight is 252 g/mol. The summed E-state index contributed by atoms with van der Waals surface area (Å²) >= 11 is 0. The molecule has 2 aliphatic heterocycles. The van der Waals surface area contributed by atoms with Crippen molar-refractivity contribution in [2.24, 2.45) is 11.7 Å². The average Bonchev–Trinajstić information content (AvgIpc) is 3.10. The molecule has 2 atom stereocenters. The van der Waals surface area contributed by atoms with Gasteiger partial charge in [0, 0.05) is 18.2 Å². The van der Waals surface area contributed by atoms with Gasteiger partial charge in [0.25, 0.3) is 0 Å². The fourth-order valence-electron chi connectivity index (χ4n) is 4.50. The van der Waals surface area contributed by atoms with Crippen LogP contribution in [0.1, 0.15) is 51.4 Å². The maximum Gasteiger partial charge on any atom is 0.0509 e. The molecular formula is C15H28N2O. The SMILES string of the molecule is NC(C1CCCOC1)C1(N2CCCC2)CCCC1. The van der Waals surface area contributed by atoms with Crippen LogP contribution in [0.5, 0.6) is 0 Å². The third-order valence-corrected chi connectivity index (χ3v) is 5.53. The zero-order valence-electron chi connectivity index (χ0n) is 11.6. The van der Waals surface area contributed by atoms with Crippen molar-refractivity contribution in [2.75, 3.05) is 26.3 Å². The number of hydrogen-bond donors (Lipinski definition) is 1. The molecule has 0 radical (unpaired) electrons. The number of nitrogens with zero attached hydrogens (tertiary/aromatic N) is 1. The molecule has 0 spiro atoms. The predicted octanol–water partition coefficient (Wildman–Crippen LogP) is 2.15. The Morgan fingerprint density at radius 2 is 1.78 bits per heavy atom. The lowest BCUT2D eigenvalue weighted by molar-refractivity contribution is -0.000807. The summed E-state index contributed by atoms with van der Waals surface area (Å²) in [4.78, 5) is 2.74. The van der Waals surface area contributed by atoms with Crippen molar-refractivity contribution < 1.29 is 4.74 Å². The molecule has 0 aromatic carbocycles. The number of nitrogens with two attached hydrogens (primary N) is 1. The van der Waals surface area contributed by atoms with Crippen LogP contribution in [0.25, 0.3) is 0 Å². The van der Waals surface area contributed by atoms with Gasteiger partial charge >= 0.3 is 0 Å². The maximum absolute atomic E-state index is 6.75. The molecule has 2 unspecified atom stereocenters. The molecule has 0 aromatic rings. The smallest absolute Gasteiger partial charge is 0.0509 e. The summed E-state index contributed by atoms with van der Waals surface area (Å²) in [6.45, 7) is 4.40. The van der Waals surface area contributed by atoms with Gasteiger partial charge in [-0.1, -0.05) is 12.8 Å². The van der Waals surface area contributed by atoms with Crippen LogP contribution in [0, 0.1) is 5.92 Å². The molecule has 2 saturated heterocycles. The fourth-order valence-corrected chi connectivity index (χ4v) is 4.50. The van der Waals surface area contributed by atoms with E-state index >= 15 is 0 Å². The second kappa shape index (κ2) is 5.48. The molecular weight excluding hydrogens is 224 g/mol. The predicted molar refractivity (Wildman–Crippen MR) is 73.5 cm³/mol. The molecule has 0 amide bonds. The van der Waals surface area contributed by atoms with Gasteiger partial charge in [0.05, 0.1) is 6.61 Å². The van der Waals surface area contributed by atoms with Gasteiger partial charge in [0.15, 0.2) is 0 Å². The first-order chi connectivity index (χ1) is 8.83. The van der Waals surface area contributed by atoms with E-state index in [0.717, 1.165) is 13.2 Å². The Bertz CT molecular complexity index is 264. The molecule has 18 heavy (non-hydrogen) atoms. The molecule has 104 valence electrons. The molecule has 2 N–H and O–H groups in total. The zero-order valence-corrected chi connectivity index (χ0v) is 11.6. The van der Waals surface area contributed by atoms with Crippen LogP contribution in [0.15, 0.2) is 0 Å². The lowest BCUT2D eigenvalue weighted by atomic mass is 9.77. The van der Waals surface area contributed by atoms with E-state index in [2.05, 4.69) is 4.90 Å². The Morgan fingerprint density at radius 3 is 2.39 bits per heavy atom. The Labute approximate surface area is 111 Å². The van der Waals surface area contributed by atoms with E-state index in [9.17, 15) is 0 Å². The lowest BCUT2D eigenvalue weighted by Crippen LogP contribution is -2.61. The Morgan fingerprint density at radius 1 is 1.06 bits per heavy atom. The highest BCUT2D eigenvalue weighted by molar-refractivity contribution is 5.05. The van der Waals surface area contributed by atoms with Crippen molar-refractivity contribution in [3.8, 4) is 0 Å². The Balaban J connectivity index is 1.75. The number of hydrogen-bond acceptors (Lipinski definition) is 3. The Kier molecular flexibility index (Phi) is 3.92. The summed E-state index contributed by atoms with van der Waals surface area (Å²) in [7, 11) is 0. The molecule has 3 fully saturated rings. The van der Waals surface area contributed by atoms with Gasteiger partial charge in [0.2, 0.25) is 0 Å². The Hall–Kier alpha value is -0.120. The van der Waals surface area contributed by atoms with Crippen LogP contribution in [-0.2, 0) is 4.74 Å². The van der Waals surface area contributed by atoms with E-state index in [1.807, 2.05) is 0 Å². The molecule has 1 aliphatic carbocycles. The minimum absolute atomic E-state index is 0.321. The molecule has 3 rings (SSSR count). The van der Waals surface area contributed by atoms with E-state index in [1.54, 1.807) is 0 Å². The summed E-state index contributed by atoms with van der Waals surface area (Å²) in [5, 5.41) is 0. The topological polar surface area (TPSA) is 38.5 Å². The largest absolute Gasteiger partial charge is 0.381 e. The molecule has 1 saturated carbocycles. The summed E-state index contributed by atoms with van der Waals surface area (Å²) in [6, 6.07) is 0.332. The van der Waals surface area contributed by atoms with Crippen LogP contribution < -0.4 is 5.73 Å². The number of rotatable bonds is 3. The molecule has 3 heteroatoms. The first-order valence-electron chi connectivity index (χ1n) is 7.91. The quantitative estimate of drug-likeness (QED) is 0.836. The lowest BCUT2D eigenvalue weighted by Gasteiger charge is -2.47. The van der Waals surface area contributed by atoms with Crippen molar-refractivity contribution in [3.63, 3.8) is 0 Å². The summed E-state index contributed by atoms with van der Waals surface area (Å²) in [5.41, 5.74) is 7.07. The van der Waals surface area contributed by atoms with Gasteiger partial charge < -0.3 is 10.5 Å². The maximum atomic E-state index is 6.75. The van der Waals surface area contributed by atoms with E-state index in [-0.39, 0.29) is 0 Å². The normalized spacial score (nSPS) is 34.8. The highest BCUT2D eigenvalue weighted by atomic mass is 16.5. The highest BCUT2D eigenvalue weighted by Gasteiger charge is 2.47. The standard InChI is InChI=1S/C15H28N2O/c16-14(13-6-5-11-18-12-13)15(7-1-2-8-15)17-9-3-4-10-17/h13-14H,1-12,16H2. The third-order valence-electron chi connectivity index (χ3n) is 5.53. The summed E-state index contributed by atoms with van der Waals surface area (Å²) < 4.78 is 5.67. The van der Waals surface area contributed by atoms with Crippen molar-refractivity contribution in [1.82, 2.24) is 4.90 Å². The summed E-state index contributed by atoms with van der Waals surface area (Å²) in [6.07, 6.45) is 10.6. The van der Waals surface area contributed by atoms with Crippen LogP contribution in [0.2, 0.25) is 0 Å². The second-order valence-electron chi connectivity index (χ2n) is 6.51.